The van der Waals surface area contributed by atoms with E-state index in [0.717, 1.165) is 65.2 Å². The maximum atomic E-state index is 13.0. The van der Waals surface area contributed by atoms with Crippen molar-refractivity contribution < 1.29 is 14.1 Å². The van der Waals surface area contributed by atoms with Crippen LogP contribution in [-0.4, -0.2) is 20.3 Å². The van der Waals surface area contributed by atoms with Gasteiger partial charge in [0.1, 0.15) is 4.21 Å². The van der Waals surface area contributed by atoms with E-state index in [0.29, 0.717) is 17.4 Å². The molecule has 0 bridgehead atoms. The molecule has 4 rings (SSSR count). The lowest BCUT2D eigenvalue weighted by molar-refractivity contribution is 0.0789. The van der Waals surface area contributed by atoms with Gasteiger partial charge in [-0.3, -0.25) is 4.98 Å². The number of fused-ring (bicyclic) bond motifs is 2. The van der Waals surface area contributed by atoms with Crippen molar-refractivity contribution in [3.05, 3.63) is 39.5 Å². The van der Waals surface area contributed by atoms with Crippen molar-refractivity contribution in [2.75, 3.05) is 5.32 Å². The second-order valence-corrected chi connectivity index (χ2v) is 11.8. The Morgan fingerprint density at radius 3 is 2.33 bits per heavy atom. The molecule has 0 fully saturated rings. The zero-order valence-corrected chi connectivity index (χ0v) is 19.3. The molecule has 2 heterocycles. The number of carbonyl (C=O) groups is 1. The van der Waals surface area contributed by atoms with Crippen molar-refractivity contribution in [3.8, 4) is 0 Å². The third kappa shape index (κ3) is 3.79. The second-order valence-electron chi connectivity index (χ2n) is 8.90. The van der Waals surface area contributed by atoms with Crippen LogP contribution >= 0.6 is 11.3 Å². The molecule has 0 aromatic carbocycles. The first-order chi connectivity index (χ1) is 14.0. The molecular formula is C21H28N4O3S2. The van der Waals surface area contributed by atoms with Crippen LogP contribution in [0.3, 0.4) is 0 Å². The lowest BCUT2D eigenvalue weighted by Gasteiger charge is -2.16. The summed E-state index contributed by atoms with van der Waals surface area (Å²) in [6, 6.07) is 0.838. The van der Waals surface area contributed by atoms with Crippen LogP contribution in [0, 0.1) is 0 Å². The number of anilines is 1. The number of nitrogens with zero attached hydrogens (tertiary/aromatic N) is 2. The van der Waals surface area contributed by atoms with E-state index >= 15 is 0 Å². The van der Waals surface area contributed by atoms with Crippen molar-refractivity contribution in [2.24, 2.45) is 9.50 Å². The van der Waals surface area contributed by atoms with Crippen LogP contribution in [0.25, 0.3) is 0 Å². The number of carbonyl (C=O) groups excluding carboxylic acids is 1. The summed E-state index contributed by atoms with van der Waals surface area (Å²) in [5.74, 6) is 0.714. The molecule has 162 valence electrons. The Morgan fingerprint density at radius 1 is 1.27 bits per heavy atom. The molecule has 0 radical (unpaired) electrons. The lowest BCUT2D eigenvalue weighted by Crippen LogP contribution is -2.19. The summed E-state index contributed by atoms with van der Waals surface area (Å²) in [4.78, 5) is 17.7. The van der Waals surface area contributed by atoms with Crippen LogP contribution in [0.2, 0.25) is 0 Å². The topological polar surface area (TPSA) is 118 Å². The fraction of sp³-hybridized carbons (Fsp3) is 0.524. The van der Waals surface area contributed by atoms with Crippen LogP contribution in [0.5, 0.6) is 0 Å². The van der Waals surface area contributed by atoms with E-state index in [9.17, 15) is 14.1 Å². The van der Waals surface area contributed by atoms with Gasteiger partial charge in [0.25, 0.3) is 0 Å². The largest absolute Gasteiger partial charge is 0.386 e. The van der Waals surface area contributed by atoms with Gasteiger partial charge in [-0.15, -0.1) is 15.7 Å². The number of hydrogen-bond acceptors (Lipinski definition) is 5. The van der Waals surface area contributed by atoms with E-state index < -0.39 is 21.5 Å². The van der Waals surface area contributed by atoms with Gasteiger partial charge in [0.05, 0.1) is 11.3 Å². The van der Waals surface area contributed by atoms with Gasteiger partial charge in [0.2, 0.25) is 0 Å². The molecule has 4 N–H and O–H groups in total. The molecule has 9 heteroatoms. The average Bonchev–Trinajstić information content (AvgIpc) is 3.35. The fourth-order valence-corrected chi connectivity index (χ4v) is 6.54. The number of aliphatic hydroxyl groups is 1. The summed E-state index contributed by atoms with van der Waals surface area (Å²) in [7, 11) is -3.41. The van der Waals surface area contributed by atoms with Crippen molar-refractivity contribution in [1.29, 1.82) is 0 Å². The Kier molecular flexibility index (Phi) is 5.29. The van der Waals surface area contributed by atoms with E-state index in [1.54, 1.807) is 25.3 Å². The zero-order valence-electron chi connectivity index (χ0n) is 17.7. The van der Waals surface area contributed by atoms with Crippen LogP contribution in [0.15, 0.2) is 20.0 Å². The number of nitrogens with one attached hydrogen (secondary N) is 1. The van der Waals surface area contributed by atoms with Gasteiger partial charge in [-0.2, -0.15) is 0 Å². The van der Waals surface area contributed by atoms with E-state index in [2.05, 4.69) is 23.5 Å². The smallest absolute Gasteiger partial charge is 0.354 e. The molecule has 30 heavy (non-hydrogen) atoms. The molecule has 0 spiro atoms. The molecule has 0 saturated carbocycles. The predicted molar refractivity (Wildman–Crippen MR) is 119 cm³/mol. The van der Waals surface area contributed by atoms with Gasteiger partial charge in [-0.05, 0) is 79.5 Å². The molecule has 2 aliphatic carbocycles. The van der Waals surface area contributed by atoms with Crippen molar-refractivity contribution >= 4 is 33.0 Å². The normalized spacial score (nSPS) is 22.3. The zero-order chi connectivity index (χ0) is 21.8. The summed E-state index contributed by atoms with van der Waals surface area (Å²) in [5, 5.41) is 20.6. The highest BCUT2D eigenvalue weighted by molar-refractivity contribution is 7.93. The van der Waals surface area contributed by atoms with Gasteiger partial charge in [0, 0.05) is 11.4 Å². The molecule has 1 unspecified atom stereocenters. The van der Waals surface area contributed by atoms with Gasteiger partial charge >= 0.3 is 6.03 Å². The third-order valence-electron chi connectivity index (χ3n) is 6.07. The minimum absolute atomic E-state index is 0.266. The molecule has 2 aliphatic rings. The van der Waals surface area contributed by atoms with Crippen molar-refractivity contribution in [2.45, 2.75) is 75.0 Å². The van der Waals surface area contributed by atoms with Gasteiger partial charge in [-0.1, -0.05) is 13.8 Å². The quantitative estimate of drug-likeness (QED) is 0.645. The Labute approximate surface area is 181 Å². The molecule has 0 saturated heterocycles. The van der Waals surface area contributed by atoms with Crippen LogP contribution < -0.4 is 10.5 Å². The SMILES string of the molecule is C[C@@H]1CCc2c1nc1c(c2NC(=O)N=S(N)(=O)c2cc(C(C)(C)O)cs2)CC[C@@H]1C. The maximum Gasteiger partial charge on any atom is 0.354 e. The van der Waals surface area contributed by atoms with Crippen LogP contribution in [0.4, 0.5) is 10.5 Å². The fourth-order valence-electron chi connectivity index (χ4n) is 4.26. The standard InChI is InChI=1S/C21H28N4O3S2/c1-11-5-7-14-17(11)23-18-12(2)6-8-15(18)19(14)24-20(26)25-30(22,28)16-9-13(10-29-16)21(3,4)27/h9-12,27H,5-8H2,1-4H3,(H3,22,23,24,25,26,28)/t11-,12+,30?. The first kappa shape index (κ1) is 21.4. The number of thiophene rings is 1. The number of amides is 2. The molecule has 2 amide bonds. The van der Waals surface area contributed by atoms with Gasteiger partial charge < -0.3 is 10.4 Å². The summed E-state index contributed by atoms with van der Waals surface area (Å²) in [6.07, 6.45) is 3.72. The predicted octanol–water partition coefficient (Wildman–Crippen LogP) is 4.40. The minimum Gasteiger partial charge on any atom is -0.386 e. The molecule has 2 aromatic rings. The highest BCUT2D eigenvalue weighted by Gasteiger charge is 2.32. The molecular weight excluding hydrogens is 420 g/mol. The van der Waals surface area contributed by atoms with Gasteiger partial charge in [0.15, 0.2) is 9.92 Å². The monoisotopic (exact) mass is 448 g/mol. The molecule has 2 aromatic heterocycles. The Hall–Kier alpha value is -1.81. The molecule has 3 atom stereocenters. The Morgan fingerprint density at radius 2 is 1.83 bits per heavy atom. The van der Waals surface area contributed by atoms with Crippen molar-refractivity contribution in [1.82, 2.24) is 4.98 Å². The number of aromatic nitrogens is 1. The highest BCUT2D eigenvalue weighted by Crippen LogP contribution is 2.44. The van der Waals surface area contributed by atoms with Crippen molar-refractivity contribution in [3.63, 3.8) is 0 Å². The average molecular weight is 449 g/mol. The first-order valence-corrected chi connectivity index (χ1v) is 12.7. The number of hydrogen-bond donors (Lipinski definition) is 3. The van der Waals surface area contributed by atoms with E-state index in [4.69, 9.17) is 10.1 Å². The third-order valence-corrected chi connectivity index (χ3v) is 8.93. The second kappa shape index (κ2) is 7.40. The summed E-state index contributed by atoms with van der Waals surface area (Å²) < 4.78 is 17.1. The van der Waals surface area contributed by atoms with Crippen LogP contribution in [0.1, 0.15) is 80.5 Å². The highest BCUT2D eigenvalue weighted by atomic mass is 32.2. The Bertz CT molecular complexity index is 1100. The molecule has 0 aliphatic heterocycles. The van der Waals surface area contributed by atoms with E-state index in [1.165, 1.54) is 0 Å². The summed E-state index contributed by atoms with van der Waals surface area (Å²) in [6.45, 7) is 7.58. The summed E-state index contributed by atoms with van der Waals surface area (Å²) >= 11 is 1.13. The van der Waals surface area contributed by atoms with E-state index in [1.807, 2.05) is 0 Å². The number of rotatable bonds is 3. The minimum atomic E-state index is -3.41. The molecule has 7 nitrogen and oxygen atoms in total. The maximum absolute atomic E-state index is 13.0. The number of urea groups is 1. The number of pyridine rings is 1. The first-order valence-electron chi connectivity index (χ1n) is 10.2. The van der Waals surface area contributed by atoms with Gasteiger partial charge in [-0.25, -0.2) is 14.1 Å². The van der Waals surface area contributed by atoms with Crippen LogP contribution in [-0.2, 0) is 28.4 Å². The number of nitrogens with two attached hydrogens (primary N) is 1. The lowest BCUT2D eigenvalue weighted by atomic mass is 10.0. The Balaban J connectivity index is 1.68. The summed E-state index contributed by atoms with van der Waals surface area (Å²) in [5.41, 5.74) is 4.54. The van der Waals surface area contributed by atoms with E-state index in [-0.39, 0.29) is 4.21 Å².